The molecule has 0 heterocycles. The lowest BCUT2D eigenvalue weighted by atomic mass is 10.0. The minimum atomic E-state index is 0.260. The van der Waals surface area contributed by atoms with Crippen molar-refractivity contribution in [3.8, 4) is 0 Å². The normalized spacial score (nSPS) is 17.0. The van der Waals surface area contributed by atoms with Crippen molar-refractivity contribution in [3.63, 3.8) is 0 Å². The monoisotopic (exact) mass is 230 g/mol. The summed E-state index contributed by atoms with van der Waals surface area (Å²) in [6.45, 7) is 0.681. The highest BCUT2D eigenvalue weighted by Gasteiger charge is 2.15. The van der Waals surface area contributed by atoms with E-state index in [0.29, 0.717) is 6.61 Å². The number of methoxy groups -OCH3 is 2. The Labute approximate surface area is 95.5 Å². The molecule has 1 aliphatic carbocycles. The van der Waals surface area contributed by atoms with Crippen LogP contribution in [0.5, 0.6) is 0 Å². The molecule has 0 aromatic carbocycles. The van der Waals surface area contributed by atoms with Crippen LogP contribution in [0.25, 0.3) is 0 Å². The lowest BCUT2D eigenvalue weighted by Gasteiger charge is -2.19. The summed E-state index contributed by atoms with van der Waals surface area (Å²) in [6, 6.07) is 0. The van der Waals surface area contributed by atoms with Crippen molar-refractivity contribution in [2.24, 2.45) is 5.92 Å². The Morgan fingerprint density at radius 3 is 2.33 bits per heavy atom. The number of thioether (sulfide) groups is 1. The molecule has 15 heavy (non-hydrogen) atoms. The van der Waals surface area contributed by atoms with Crippen molar-refractivity contribution in [3.05, 3.63) is 23.7 Å². The molecule has 0 fully saturated rings. The first-order valence-electron chi connectivity index (χ1n) is 4.86. The number of rotatable bonds is 6. The zero-order chi connectivity index (χ0) is 11.1. The molecule has 0 atom stereocenters. The van der Waals surface area contributed by atoms with Crippen LogP contribution in [0.1, 0.15) is 6.42 Å². The van der Waals surface area contributed by atoms with Gasteiger partial charge in [0.05, 0.1) is 44.7 Å². The van der Waals surface area contributed by atoms with Crippen molar-refractivity contribution in [1.29, 1.82) is 0 Å². The zero-order valence-corrected chi connectivity index (χ0v) is 10.3. The number of hydrogen-bond donors (Lipinski definition) is 0. The molecule has 0 unspecified atom stereocenters. The predicted molar refractivity (Wildman–Crippen MR) is 62.6 cm³/mol. The standard InChI is InChI=1S/C11H18O3S/c1-12-10-4-9(7-14-8-15-3)5-11(6-10)13-2/h4-5,9H,6-8H2,1-3H3. The maximum atomic E-state index is 5.47. The topological polar surface area (TPSA) is 27.7 Å². The predicted octanol–water partition coefficient (Wildman–Crippen LogP) is 2.40. The Morgan fingerprint density at radius 1 is 1.27 bits per heavy atom. The summed E-state index contributed by atoms with van der Waals surface area (Å²) in [5.74, 6) is 2.89. The summed E-state index contributed by atoms with van der Waals surface area (Å²) in [6.07, 6.45) is 6.94. The van der Waals surface area contributed by atoms with Gasteiger partial charge in [0.2, 0.25) is 0 Å². The van der Waals surface area contributed by atoms with Gasteiger partial charge in [0, 0.05) is 5.92 Å². The van der Waals surface area contributed by atoms with E-state index in [0.717, 1.165) is 23.9 Å². The van der Waals surface area contributed by atoms with Gasteiger partial charge in [0.15, 0.2) is 0 Å². The molecule has 86 valence electrons. The Balaban J connectivity index is 2.48. The van der Waals surface area contributed by atoms with Crippen molar-refractivity contribution in [2.75, 3.05) is 33.0 Å². The molecule has 1 rings (SSSR count). The van der Waals surface area contributed by atoms with Gasteiger partial charge in [-0.25, -0.2) is 0 Å². The van der Waals surface area contributed by atoms with E-state index in [9.17, 15) is 0 Å². The molecule has 0 aliphatic heterocycles. The molecule has 4 heteroatoms. The molecule has 0 saturated carbocycles. The Morgan fingerprint density at radius 2 is 1.87 bits per heavy atom. The van der Waals surface area contributed by atoms with Crippen molar-refractivity contribution in [1.82, 2.24) is 0 Å². The van der Waals surface area contributed by atoms with Gasteiger partial charge in [0.25, 0.3) is 0 Å². The molecular formula is C11H18O3S. The van der Waals surface area contributed by atoms with Crippen LogP contribution in [-0.2, 0) is 14.2 Å². The lowest BCUT2D eigenvalue weighted by molar-refractivity contribution is 0.159. The molecule has 0 saturated heterocycles. The summed E-state index contributed by atoms with van der Waals surface area (Å²) < 4.78 is 15.9. The van der Waals surface area contributed by atoms with Gasteiger partial charge >= 0.3 is 0 Å². The third-order valence-corrected chi connectivity index (χ3v) is 2.59. The van der Waals surface area contributed by atoms with Gasteiger partial charge in [0.1, 0.15) is 0 Å². The van der Waals surface area contributed by atoms with Crippen LogP contribution in [0, 0.1) is 5.92 Å². The highest BCUT2D eigenvalue weighted by atomic mass is 32.2. The first kappa shape index (κ1) is 12.5. The first-order valence-corrected chi connectivity index (χ1v) is 6.25. The first-order chi connectivity index (χ1) is 7.30. The average Bonchev–Trinajstić information content (AvgIpc) is 2.29. The number of ether oxygens (including phenoxy) is 3. The summed E-state index contributed by atoms with van der Waals surface area (Å²) in [5.41, 5.74) is 0. The van der Waals surface area contributed by atoms with E-state index in [4.69, 9.17) is 14.2 Å². The second kappa shape index (κ2) is 6.80. The molecule has 0 aromatic heterocycles. The van der Waals surface area contributed by atoms with Crippen molar-refractivity contribution >= 4 is 11.8 Å². The highest BCUT2D eigenvalue weighted by molar-refractivity contribution is 7.98. The summed E-state index contributed by atoms with van der Waals surface area (Å²) >= 11 is 1.68. The molecular weight excluding hydrogens is 212 g/mol. The van der Waals surface area contributed by atoms with Gasteiger partial charge in [-0.3, -0.25) is 0 Å². The summed E-state index contributed by atoms with van der Waals surface area (Å²) in [4.78, 5) is 0. The zero-order valence-electron chi connectivity index (χ0n) is 9.49. The van der Waals surface area contributed by atoms with Crippen LogP contribution in [0.4, 0.5) is 0 Å². The average molecular weight is 230 g/mol. The van der Waals surface area contributed by atoms with Gasteiger partial charge in [-0.2, -0.15) is 0 Å². The minimum absolute atomic E-state index is 0.260. The molecule has 0 bridgehead atoms. The third-order valence-electron chi connectivity index (χ3n) is 2.18. The highest BCUT2D eigenvalue weighted by Crippen LogP contribution is 2.23. The SMILES string of the molecule is COC1=CC(COCSC)C=C(OC)C1. The fraction of sp³-hybridized carbons (Fsp3) is 0.636. The minimum Gasteiger partial charge on any atom is -0.501 e. The van der Waals surface area contributed by atoms with Gasteiger partial charge in [-0.1, -0.05) is 0 Å². The fourth-order valence-electron chi connectivity index (χ4n) is 1.46. The van der Waals surface area contributed by atoms with Crippen LogP contribution in [0.2, 0.25) is 0 Å². The largest absolute Gasteiger partial charge is 0.501 e. The Bertz CT molecular complexity index is 228. The summed E-state index contributed by atoms with van der Waals surface area (Å²) in [5, 5.41) is 0. The second-order valence-electron chi connectivity index (χ2n) is 3.29. The smallest absolute Gasteiger partial charge is 0.0997 e. The number of hydrogen-bond acceptors (Lipinski definition) is 4. The van der Waals surface area contributed by atoms with E-state index in [-0.39, 0.29) is 5.92 Å². The molecule has 1 aliphatic rings. The van der Waals surface area contributed by atoms with Crippen LogP contribution >= 0.6 is 11.8 Å². The van der Waals surface area contributed by atoms with Crippen LogP contribution in [0.15, 0.2) is 23.7 Å². The maximum Gasteiger partial charge on any atom is 0.0997 e. The van der Waals surface area contributed by atoms with Crippen molar-refractivity contribution < 1.29 is 14.2 Å². The molecule has 3 nitrogen and oxygen atoms in total. The molecule has 0 spiro atoms. The van der Waals surface area contributed by atoms with Gasteiger partial charge < -0.3 is 14.2 Å². The van der Waals surface area contributed by atoms with Crippen LogP contribution in [0.3, 0.4) is 0 Å². The van der Waals surface area contributed by atoms with E-state index in [2.05, 4.69) is 12.2 Å². The van der Waals surface area contributed by atoms with Crippen molar-refractivity contribution in [2.45, 2.75) is 6.42 Å². The molecule has 0 radical (unpaired) electrons. The molecule has 0 aromatic rings. The van der Waals surface area contributed by atoms with E-state index in [1.165, 1.54) is 0 Å². The van der Waals surface area contributed by atoms with Crippen LogP contribution < -0.4 is 0 Å². The van der Waals surface area contributed by atoms with Crippen LogP contribution in [-0.4, -0.2) is 33.0 Å². The van der Waals surface area contributed by atoms with E-state index >= 15 is 0 Å². The second-order valence-corrected chi connectivity index (χ2v) is 4.11. The Hall–Kier alpha value is -0.610. The third kappa shape index (κ3) is 4.18. The Kier molecular flexibility index (Phi) is 5.65. The van der Waals surface area contributed by atoms with Gasteiger partial charge in [-0.05, 0) is 18.4 Å². The fourth-order valence-corrected chi connectivity index (χ4v) is 1.72. The van der Waals surface area contributed by atoms with E-state index in [1.807, 2.05) is 6.26 Å². The molecule has 0 N–H and O–H groups in total. The van der Waals surface area contributed by atoms with Gasteiger partial charge in [-0.15, -0.1) is 11.8 Å². The molecule has 0 amide bonds. The quantitative estimate of drug-likeness (QED) is 0.517. The summed E-state index contributed by atoms with van der Waals surface area (Å²) in [7, 11) is 3.37. The lowest BCUT2D eigenvalue weighted by Crippen LogP contribution is -2.11. The van der Waals surface area contributed by atoms with E-state index in [1.54, 1.807) is 26.0 Å². The maximum absolute atomic E-state index is 5.47. The van der Waals surface area contributed by atoms with E-state index < -0.39 is 0 Å².